The summed E-state index contributed by atoms with van der Waals surface area (Å²) >= 11 is 0. The van der Waals surface area contributed by atoms with E-state index < -0.39 is 0 Å². The zero-order valence-electron chi connectivity index (χ0n) is 13.6. The first-order valence-corrected chi connectivity index (χ1v) is 8.37. The fraction of sp³-hybridized carbons (Fsp3) is 0.350. The fourth-order valence-corrected chi connectivity index (χ4v) is 3.13. The first kappa shape index (κ1) is 15.8. The maximum atomic E-state index is 11.1. The Hall–Kier alpha value is -2.13. The molecule has 3 nitrogen and oxygen atoms in total. The SMILES string of the molecule is CC(=O)Nc1ccc(CN[C@H](c2ccccc2)C2CCC2)cc1. The van der Waals surface area contributed by atoms with Crippen LogP contribution in [0.15, 0.2) is 54.6 Å². The van der Waals surface area contributed by atoms with E-state index >= 15 is 0 Å². The van der Waals surface area contributed by atoms with Crippen LogP contribution in [0.4, 0.5) is 5.69 Å². The number of rotatable bonds is 6. The van der Waals surface area contributed by atoms with Gasteiger partial charge in [-0.15, -0.1) is 0 Å². The smallest absolute Gasteiger partial charge is 0.221 e. The molecular formula is C20H24N2O. The monoisotopic (exact) mass is 308 g/mol. The van der Waals surface area contributed by atoms with Crippen molar-refractivity contribution >= 4 is 11.6 Å². The number of hydrogen-bond donors (Lipinski definition) is 2. The largest absolute Gasteiger partial charge is 0.326 e. The van der Waals surface area contributed by atoms with Gasteiger partial charge in [0.15, 0.2) is 0 Å². The number of carbonyl (C=O) groups excluding carboxylic acids is 1. The van der Waals surface area contributed by atoms with E-state index in [1.165, 1.54) is 37.3 Å². The Labute approximate surface area is 138 Å². The zero-order valence-corrected chi connectivity index (χ0v) is 13.6. The Bertz CT molecular complexity index is 632. The standard InChI is InChI=1S/C20H24N2O/c1-15(23)22-19-12-10-16(11-13-19)14-21-20(18-8-5-9-18)17-6-3-2-4-7-17/h2-4,6-7,10-13,18,20-21H,5,8-9,14H2,1H3,(H,22,23)/t20-/m1/s1. The Balaban J connectivity index is 1.63. The van der Waals surface area contributed by atoms with Crippen molar-refractivity contribution in [2.45, 2.75) is 38.8 Å². The predicted molar refractivity (Wildman–Crippen MR) is 94.1 cm³/mol. The highest BCUT2D eigenvalue weighted by atomic mass is 16.1. The number of anilines is 1. The third-order valence-corrected chi connectivity index (χ3v) is 4.58. The summed E-state index contributed by atoms with van der Waals surface area (Å²) in [5, 5.41) is 6.53. The molecule has 1 atom stereocenters. The summed E-state index contributed by atoms with van der Waals surface area (Å²) in [6, 6.07) is 19.2. The number of benzene rings is 2. The van der Waals surface area contributed by atoms with E-state index in [2.05, 4.69) is 53.1 Å². The molecule has 0 heterocycles. The van der Waals surface area contributed by atoms with Gasteiger partial charge in [-0.25, -0.2) is 0 Å². The number of carbonyl (C=O) groups is 1. The van der Waals surface area contributed by atoms with Gasteiger partial charge in [-0.1, -0.05) is 48.9 Å². The zero-order chi connectivity index (χ0) is 16.1. The molecule has 0 aliphatic heterocycles. The van der Waals surface area contributed by atoms with E-state index in [1.807, 2.05) is 12.1 Å². The van der Waals surface area contributed by atoms with E-state index in [-0.39, 0.29) is 5.91 Å². The molecule has 1 aliphatic carbocycles. The molecule has 1 saturated carbocycles. The minimum atomic E-state index is -0.0370. The van der Waals surface area contributed by atoms with Crippen LogP contribution in [0.2, 0.25) is 0 Å². The number of amides is 1. The first-order chi connectivity index (χ1) is 11.2. The van der Waals surface area contributed by atoms with Crippen LogP contribution in [-0.4, -0.2) is 5.91 Å². The summed E-state index contributed by atoms with van der Waals surface area (Å²) in [5.41, 5.74) is 3.46. The number of hydrogen-bond acceptors (Lipinski definition) is 2. The number of nitrogens with one attached hydrogen (secondary N) is 2. The Morgan fingerprint density at radius 3 is 2.35 bits per heavy atom. The van der Waals surface area contributed by atoms with Crippen molar-refractivity contribution in [3.05, 3.63) is 65.7 Å². The van der Waals surface area contributed by atoms with Crippen LogP contribution >= 0.6 is 0 Å². The molecule has 0 saturated heterocycles. The Morgan fingerprint density at radius 2 is 1.78 bits per heavy atom. The third kappa shape index (κ3) is 4.20. The van der Waals surface area contributed by atoms with E-state index in [9.17, 15) is 4.79 Å². The fourth-order valence-electron chi connectivity index (χ4n) is 3.13. The molecule has 2 aromatic rings. The molecule has 0 radical (unpaired) electrons. The lowest BCUT2D eigenvalue weighted by atomic mass is 9.77. The van der Waals surface area contributed by atoms with Gasteiger partial charge in [-0.3, -0.25) is 4.79 Å². The second-order valence-corrected chi connectivity index (χ2v) is 6.34. The molecule has 23 heavy (non-hydrogen) atoms. The highest BCUT2D eigenvalue weighted by Gasteiger charge is 2.27. The van der Waals surface area contributed by atoms with Gasteiger partial charge >= 0.3 is 0 Å². The highest BCUT2D eigenvalue weighted by molar-refractivity contribution is 5.88. The van der Waals surface area contributed by atoms with Gasteiger partial charge in [-0.05, 0) is 42.0 Å². The van der Waals surface area contributed by atoms with Gasteiger partial charge < -0.3 is 10.6 Å². The third-order valence-electron chi connectivity index (χ3n) is 4.58. The van der Waals surface area contributed by atoms with Crippen LogP contribution in [0.5, 0.6) is 0 Å². The molecule has 0 bridgehead atoms. The molecule has 3 rings (SSSR count). The Morgan fingerprint density at radius 1 is 1.09 bits per heavy atom. The molecule has 0 spiro atoms. The highest BCUT2D eigenvalue weighted by Crippen LogP contribution is 2.37. The molecule has 3 heteroatoms. The average molecular weight is 308 g/mol. The normalized spacial score (nSPS) is 15.7. The van der Waals surface area contributed by atoms with E-state index in [1.54, 1.807) is 0 Å². The summed E-state index contributed by atoms with van der Waals surface area (Å²) in [5.74, 6) is 0.709. The van der Waals surface area contributed by atoms with E-state index in [0.29, 0.717) is 6.04 Å². The maximum Gasteiger partial charge on any atom is 0.221 e. The minimum absolute atomic E-state index is 0.0370. The van der Waals surface area contributed by atoms with Gasteiger partial charge in [0, 0.05) is 25.2 Å². The van der Waals surface area contributed by atoms with E-state index in [4.69, 9.17) is 0 Å². The van der Waals surface area contributed by atoms with Crippen molar-refractivity contribution in [3.8, 4) is 0 Å². The molecule has 0 aromatic heterocycles. The minimum Gasteiger partial charge on any atom is -0.326 e. The molecule has 120 valence electrons. The van der Waals surface area contributed by atoms with Gasteiger partial charge in [0.1, 0.15) is 0 Å². The van der Waals surface area contributed by atoms with Crippen molar-refractivity contribution in [1.82, 2.24) is 5.32 Å². The summed E-state index contributed by atoms with van der Waals surface area (Å²) in [6.07, 6.45) is 3.98. The Kier molecular flexibility index (Phi) is 5.09. The molecule has 2 N–H and O–H groups in total. The van der Waals surface area contributed by atoms with Crippen molar-refractivity contribution in [2.24, 2.45) is 5.92 Å². The van der Waals surface area contributed by atoms with Crippen molar-refractivity contribution in [2.75, 3.05) is 5.32 Å². The predicted octanol–water partition coefficient (Wildman–Crippen LogP) is 4.28. The lowest BCUT2D eigenvalue weighted by molar-refractivity contribution is -0.114. The van der Waals surface area contributed by atoms with Crippen LogP contribution in [0.1, 0.15) is 43.4 Å². The summed E-state index contributed by atoms with van der Waals surface area (Å²) < 4.78 is 0. The second kappa shape index (κ2) is 7.42. The van der Waals surface area contributed by atoms with Crippen LogP contribution in [0, 0.1) is 5.92 Å². The second-order valence-electron chi connectivity index (χ2n) is 6.34. The maximum absolute atomic E-state index is 11.1. The van der Waals surface area contributed by atoms with Gasteiger partial charge in [-0.2, -0.15) is 0 Å². The summed E-state index contributed by atoms with van der Waals surface area (Å²) in [4.78, 5) is 11.1. The van der Waals surface area contributed by atoms with Crippen LogP contribution in [0.25, 0.3) is 0 Å². The first-order valence-electron chi connectivity index (χ1n) is 8.37. The van der Waals surface area contributed by atoms with E-state index in [0.717, 1.165) is 18.2 Å². The molecule has 2 aromatic carbocycles. The van der Waals surface area contributed by atoms with Crippen LogP contribution in [-0.2, 0) is 11.3 Å². The molecular weight excluding hydrogens is 284 g/mol. The lowest BCUT2D eigenvalue weighted by Gasteiger charge is -2.35. The van der Waals surface area contributed by atoms with Crippen molar-refractivity contribution in [3.63, 3.8) is 0 Å². The topological polar surface area (TPSA) is 41.1 Å². The van der Waals surface area contributed by atoms with Gasteiger partial charge in [0.25, 0.3) is 0 Å². The van der Waals surface area contributed by atoms with Gasteiger partial charge in [0.05, 0.1) is 0 Å². The molecule has 1 amide bonds. The van der Waals surface area contributed by atoms with Crippen molar-refractivity contribution < 1.29 is 4.79 Å². The van der Waals surface area contributed by atoms with Crippen LogP contribution < -0.4 is 10.6 Å². The quantitative estimate of drug-likeness (QED) is 0.836. The van der Waals surface area contributed by atoms with Gasteiger partial charge in [0.2, 0.25) is 5.91 Å². The summed E-state index contributed by atoms with van der Waals surface area (Å²) in [7, 11) is 0. The lowest BCUT2D eigenvalue weighted by Crippen LogP contribution is -2.31. The summed E-state index contributed by atoms with van der Waals surface area (Å²) in [6.45, 7) is 2.37. The van der Waals surface area contributed by atoms with Crippen LogP contribution in [0.3, 0.4) is 0 Å². The molecule has 0 unspecified atom stereocenters. The average Bonchev–Trinajstić information content (AvgIpc) is 2.51. The molecule has 1 aliphatic rings. The van der Waals surface area contributed by atoms with Crippen molar-refractivity contribution in [1.29, 1.82) is 0 Å². The molecule has 1 fully saturated rings.